The predicted octanol–water partition coefficient (Wildman–Crippen LogP) is 2.49. The van der Waals surface area contributed by atoms with E-state index in [1.54, 1.807) is 30.5 Å². The van der Waals surface area contributed by atoms with E-state index in [0.29, 0.717) is 29.5 Å². The van der Waals surface area contributed by atoms with Crippen molar-refractivity contribution in [3.63, 3.8) is 0 Å². The van der Waals surface area contributed by atoms with Gasteiger partial charge in [-0.05, 0) is 36.2 Å². The molecular formula is C18H22ClN3O3. The highest BCUT2D eigenvalue weighted by Gasteiger charge is 2.10. The predicted molar refractivity (Wildman–Crippen MR) is 97.9 cm³/mol. The van der Waals surface area contributed by atoms with Gasteiger partial charge in [0.25, 0.3) is 0 Å². The Balaban J connectivity index is 1.75. The molecule has 0 amide bonds. The van der Waals surface area contributed by atoms with Crippen LogP contribution in [-0.4, -0.2) is 40.3 Å². The van der Waals surface area contributed by atoms with Crippen molar-refractivity contribution in [2.75, 3.05) is 18.4 Å². The fourth-order valence-corrected chi connectivity index (χ4v) is 2.48. The van der Waals surface area contributed by atoms with Gasteiger partial charge in [-0.2, -0.15) is 0 Å². The minimum absolute atomic E-state index is 0.0351. The first-order valence-electron chi connectivity index (χ1n) is 8.01. The number of halogens is 1. The molecule has 0 aliphatic carbocycles. The lowest BCUT2D eigenvalue weighted by molar-refractivity contribution is -0.136. The number of carbonyl (C=O) groups is 1. The zero-order chi connectivity index (χ0) is 18.2. The quantitative estimate of drug-likeness (QED) is 0.547. The van der Waals surface area contributed by atoms with Crippen LogP contribution < -0.4 is 10.6 Å². The van der Waals surface area contributed by atoms with Crippen LogP contribution >= 0.6 is 11.6 Å². The number of aliphatic carboxylic acids is 1. The Kier molecular flexibility index (Phi) is 7.18. The number of hydrogen-bond acceptors (Lipinski definition) is 5. The monoisotopic (exact) mass is 363 g/mol. The van der Waals surface area contributed by atoms with E-state index in [-0.39, 0.29) is 12.5 Å². The Bertz CT molecular complexity index is 694. The Morgan fingerprint density at radius 1 is 1.28 bits per heavy atom. The summed E-state index contributed by atoms with van der Waals surface area (Å²) in [5.74, 6) is -0.197. The molecule has 1 aromatic heterocycles. The molecule has 0 saturated carbocycles. The zero-order valence-electron chi connectivity index (χ0n) is 13.9. The molecule has 2 unspecified atom stereocenters. The first-order chi connectivity index (χ1) is 11.9. The molecule has 2 atom stereocenters. The molecule has 0 bridgehead atoms. The summed E-state index contributed by atoms with van der Waals surface area (Å²) in [7, 11) is 0. The molecule has 0 saturated heterocycles. The summed E-state index contributed by atoms with van der Waals surface area (Å²) in [6.07, 6.45) is 0.888. The van der Waals surface area contributed by atoms with Crippen molar-refractivity contribution >= 4 is 23.4 Å². The molecule has 7 heteroatoms. The maximum absolute atomic E-state index is 10.6. The summed E-state index contributed by atoms with van der Waals surface area (Å²) in [5, 5.41) is 25.9. The van der Waals surface area contributed by atoms with Gasteiger partial charge in [-0.25, -0.2) is 4.98 Å². The number of nitrogens with zero attached hydrogens (tertiary/aromatic N) is 1. The van der Waals surface area contributed by atoms with Crippen molar-refractivity contribution in [3.05, 3.63) is 58.7 Å². The van der Waals surface area contributed by atoms with E-state index in [1.165, 1.54) is 0 Å². The summed E-state index contributed by atoms with van der Waals surface area (Å²) in [6, 6.07) is 10.8. The van der Waals surface area contributed by atoms with E-state index >= 15 is 0 Å². The maximum atomic E-state index is 10.6. The molecule has 0 aliphatic heterocycles. The van der Waals surface area contributed by atoms with E-state index in [4.69, 9.17) is 16.7 Å². The third-order valence-electron chi connectivity index (χ3n) is 3.66. The topological polar surface area (TPSA) is 94.5 Å². The number of carboxylic acids is 1. The van der Waals surface area contributed by atoms with E-state index < -0.39 is 12.1 Å². The van der Waals surface area contributed by atoms with Crippen LogP contribution in [0.2, 0.25) is 5.02 Å². The Morgan fingerprint density at radius 3 is 2.72 bits per heavy atom. The Morgan fingerprint density at radius 2 is 2.08 bits per heavy atom. The number of aliphatic hydroxyl groups is 1. The van der Waals surface area contributed by atoms with Crippen molar-refractivity contribution in [3.8, 4) is 0 Å². The highest BCUT2D eigenvalue weighted by Crippen LogP contribution is 2.17. The van der Waals surface area contributed by atoms with Gasteiger partial charge in [-0.15, -0.1) is 0 Å². The van der Waals surface area contributed by atoms with E-state index in [0.717, 1.165) is 5.56 Å². The van der Waals surface area contributed by atoms with Gasteiger partial charge in [0.2, 0.25) is 0 Å². The normalized spacial score (nSPS) is 13.2. The minimum atomic E-state index is -0.876. The molecule has 0 fully saturated rings. The smallest absolute Gasteiger partial charge is 0.307 e. The summed E-state index contributed by atoms with van der Waals surface area (Å²) in [4.78, 5) is 14.8. The molecule has 2 rings (SSSR count). The van der Waals surface area contributed by atoms with Crippen LogP contribution in [0.1, 0.15) is 24.2 Å². The van der Waals surface area contributed by atoms with Crippen LogP contribution in [0.25, 0.3) is 0 Å². The molecule has 0 radical (unpaired) electrons. The average Bonchev–Trinajstić information content (AvgIpc) is 2.58. The summed E-state index contributed by atoms with van der Waals surface area (Å²) < 4.78 is 0. The minimum Gasteiger partial charge on any atom is -0.481 e. The van der Waals surface area contributed by atoms with Gasteiger partial charge in [0, 0.05) is 30.4 Å². The zero-order valence-corrected chi connectivity index (χ0v) is 14.7. The van der Waals surface area contributed by atoms with Crippen LogP contribution in [0.3, 0.4) is 0 Å². The molecule has 2 aromatic rings. The van der Waals surface area contributed by atoms with Gasteiger partial charge in [-0.3, -0.25) is 4.79 Å². The van der Waals surface area contributed by atoms with Crippen LogP contribution in [0.5, 0.6) is 0 Å². The van der Waals surface area contributed by atoms with Gasteiger partial charge < -0.3 is 20.8 Å². The molecule has 25 heavy (non-hydrogen) atoms. The van der Waals surface area contributed by atoms with Gasteiger partial charge in [-0.1, -0.05) is 29.8 Å². The van der Waals surface area contributed by atoms with Gasteiger partial charge in [0.05, 0.1) is 12.5 Å². The van der Waals surface area contributed by atoms with Crippen molar-refractivity contribution in [1.29, 1.82) is 0 Å². The lowest BCUT2D eigenvalue weighted by atomic mass is 10.1. The highest BCUT2D eigenvalue weighted by atomic mass is 35.5. The largest absolute Gasteiger partial charge is 0.481 e. The van der Waals surface area contributed by atoms with Crippen LogP contribution in [0.15, 0.2) is 42.6 Å². The van der Waals surface area contributed by atoms with Crippen molar-refractivity contribution in [1.82, 2.24) is 10.3 Å². The van der Waals surface area contributed by atoms with Gasteiger partial charge in [0.1, 0.15) is 5.82 Å². The first-order valence-corrected chi connectivity index (χ1v) is 8.39. The fourth-order valence-electron chi connectivity index (χ4n) is 2.28. The number of rotatable bonds is 9. The second-order valence-electron chi connectivity index (χ2n) is 5.88. The van der Waals surface area contributed by atoms with Crippen molar-refractivity contribution in [2.24, 2.45) is 0 Å². The Hall–Kier alpha value is -2.15. The third-order valence-corrected chi connectivity index (χ3v) is 3.90. The van der Waals surface area contributed by atoms with Crippen LogP contribution in [0.4, 0.5) is 5.82 Å². The molecule has 1 heterocycles. The standard InChI is InChI=1S/C18H22ClN3O3/c1-12(20-11-16(23)14-3-2-4-15(19)8-14)9-21-17-6-5-13(10-22-17)7-18(24)25/h2-6,8,10,12,16,20,23H,7,9,11H2,1H3,(H,21,22)(H,24,25). The average molecular weight is 364 g/mol. The molecule has 4 N–H and O–H groups in total. The summed E-state index contributed by atoms with van der Waals surface area (Å²) in [6.45, 7) is 3.03. The van der Waals surface area contributed by atoms with E-state index in [9.17, 15) is 9.90 Å². The second-order valence-corrected chi connectivity index (χ2v) is 6.32. The maximum Gasteiger partial charge on any atom is 0.307 e. The molecule has 0 aliphatic rings. The lowest BCUT2D eigenvalue weighted by Gasteiger charge is -2.18. The Labute approximate surface area is 151 Å². The third kappa shape index (κ3) is 6.70. The molecule has 134 valence electrons. The number of hydrogen-bond donors (Lipinski definition) is 4. The summed E-state index contributed by atoms with van der Waals surface area (Å²) in [5.41, 5.74) is 1.43. The molecule has 0 spiro atoms. The summed E-state index contributed by atoms with van der Waals surface area (Å²) >= 11 is 5.93. The number of carboxylic acid groups (broad SMARTS) is 1. The number of benzene rings is 1. The molecule has 1 aromatic carbocycles. The number of anilines is 1. The van der Waals surface area contributed by atoms with Crippen LogP contribution in [0, 0.1) is 0 Å². The molecular weight excluding hydrogens is 342 g/mol. The first kappa shape index (κ1) is 19.2. The number of pyridine rings is 1. The number of aromatic nitrogens is 1. The molecule has 6 nitrogen and oxygen atoms in total. The SMILES string of the molecule is CC(CNc1ccc(CC(=O)O)cn1)NCC(O)c1cccc(Cl)c1. The second kappa shape index (κ2) is 9.36. The lowest BCUT2D eigenvalue weighted by Crippen LogP contribution is -2.35. The van der Waals surface area contributed by atoms with Crippen molar-refractivity contribution < 1.29 is 15.0 Å². The van der Waals surface area contributed by atoms with Gasteiger partial charge in [0.15, 0.2) is 0 Å². The number of aliphatic hydroxyl groups excluding tert-OH is 1. The van der Waals surface area contributed by atoms with Crippen LogP contribution in [-0.2, 0) is 11.2 Å². The van der Waals surface area contributed by atoms with E-state index in [2.05, 4.69) is 15.6 Å². The highest BCUT2D eigenvalue weighted by molar-refractivity contribution is 6.30. The van der Waals surface area contributed by atoms with Gasteiger partial charge >= 0.3 is 5.97 Å². The number of nitrogens with one attached hydrogen (secondary N) is 2. The fraction of sp³-hybridized carbons (Fsp3) is 0.333. The van der Waals surface area contributed by atoms with Crippen molar-refractivity contribution in [2.45, 2.75) is 25.5 Å². The van der Waals surface area contributed by atoms with E-state index in [1.807, 2.05) is 19.1 Å².